The summed E-state index contributed by atoms with van der Waals surface area (Å²) in [6, 6.07) is 7.71. The highest BCUT2D eigenvalue weighted by Gasteiger charge is 2.26. The number of carbonyl (C=O) groups excluding carboxylic acids is 2. The average Bonchev–Trinajstić information content (AvgIpc) is 3.21. The third kappa shape index (κ3) is 4.84. The maximum absolute atomic E-state index is 11.9. The minimum Gasteiger partial charge on any atom is -0.349 e. The zero-order valence-electron chi connectivity index (χ0n) is 13.1. The molecule has 7 heteroatoms. The number of carbonyl (C=O) groups is 2. The van der Waals surface area contributed by atoms with E-state index in [2.05, 4.69) is 21.3 Å². The van der Waals surface area contributed by atoms with E-state index in [0.29, 0.717) is 6.04 Å². The van der Waals surface area contributed by atoms with E-state index in [4.69, 9.17) is 0 Å². The van der Waals surface area contributed by atoms with Crippen LogP contribution in [0.15, 0.2) is 24.3 Å². The van der Waals surface area contributed by atoms with Crippen molar-refractivity contribution in [2.24, 2.45) is 5.92 Å². The Bertz CT molecular complexity index is 556. The van der Waals surface area contributed by atoms with Crippen LogP contribution in [0, 0.1) is 5.92 Å². The maximum Gasteiger partial charge on any atom is 0.319 e. The molecular formula is C16H23ClN4O2. The van der Waals surface area contributed by atoms with Crippen LogP contribution < -0.4 is 21.3 Å². The van der Waals surface area contributed by atoms with Gasteiger partial charge in [0.15, 0.2) is 0 Å². The monoisotopic (exact) mass is 338 g/mol. The second-order valence-corrected chi connectivity index (χ2v) is 6.08. The summed E-state index contributed by atoms with van der Waals surface area (Å²) in [5.74, 6) is 0.187. The zero-order chi connectivity index (χ0) is 15.5. The molecule has 0 aromatic heterocycles. The number of amides is 3. The quantitative estimate of drug-likeness (QED) is 0.660. The Morgan fingerprint density at radius 2 is 1.83 bits per heavy atom. The van der Waals surface area contributed by atoms with Crippen molar-refractivity contribution in [1.82, 2.24) is 16.0 Å². The van der Waals surface area contributed by atoms with Gasteiger partial charge in [0.05, 0.1) is 12.0 Å². The van der Waals surface area contributed by atoms with Crippen LogP contribution in [0.1, 0.15) is 31.4 Å². The lowest BCUT2D eigenvalue weighted by molar-refractivity contribution is -0.127. The smallest absolute Gasteiger partial charge is 0.319 e. The van der Waals surface area contributed by atoms with E-state index in [1.165, 1.54) is 0 Å². The van der Waals surface area contributed by atoms with Crippen molar-refractivity contribution in [2.75, 3.05) is 18.4 Å². The van der Waals surface area contributed by atoms with Gasteiger partial charge in [-0.3, -0.25) is 4.79 Å². The summed E-state index contributed by atoms with van der Waals surface area (Å²) in [5, 5.41) is 11.8. The van der Waals surface area contributed by atoms with Crippen molar-refractivity contribution in [3.05, 3.63) is 29.8 Å². The number of rotatable bonds is 5. The maximum atomic E-state index is 11.9. The summed E-state index contributed by atoms with van der Waals surface area (Å²) < 4.78 is 0. The van der Waals surface area contributed by atoms with Gasteiger partial charge in [0, 0.05) is 24.8 Å². The van der Waals surface area contributed by atoms with Crippen LogP contribution >= 0.6 is 12.4 Å². The second-order valence-electron chi connectivity index (χ2n) is 6.08. The molecule has 3 rings (SSSR count). The van der Waals surface area contributed by atoms with Crippen molar-refractivity contribution in [1.29, 1.82) is 0 Å². The highest BCUT2D eigenvalue weighted by molar-refractivity contribution is 5.89. The normalized spacial score (nSPS) is 18.1. The number of hydrogen-bond acceptors (Lipinski definition) is 3. The van der Waals surface area contributed by atoms with Crippen molar-refractivity contribution in [2.45, 2.75) is 31.8 Å². The molecule has 1 saturated carbocycles. The molecule has 2 aliphatic rings. The molecule has 1 heterocycles. The van der Waals surface area contributed by atoms with E-state index >= 15 is 0 Å². The highest BCUT2D eigenvalue weighted by Crippen LogP contribution is 2.20. The Balaban J connectivity index is 0.00000192. The van der Waals surface area contributed by atoms with Crippen molar-refractivity contribution >= 4 is 30.0 Å². The molecule has 0 radical (unpaired) electrons. The average molecular weight is 339 g/mol. The summed E-state index contributed by atoms with van der Waals surface area (Å²) in [6.45, 7) is 3.49. The summed E-state index contributed by atoms with van der Waals surface area (Å²) >= 11 is 0. The first-order valence-electron chi connectivity index (χ1n) is 7.80. The molecule has 1 aliphatic heterocycles. The van der Waals surface area contributed by atoms with Gasteiger partial charge in [-0.25, -0.2) is 4.79 Å². The largest absolute Gasteiger partial charge is 0.349 e. The van der Waals surface area contributed by atoms with Gasteiger partial charge in [-0.2, -0.15) is 0 Å². The molecule has 1 aliphatic carbocycles. The van der Waals surface area contributed by atoms with Crippen molar-refractivity contribution < 1.29 is 9.59 Å². The van der Waals surface area contributed by atoms with Gasteiger partial charge in [0.25, 0.3) is 0 Å². The highest BCUT2D eigenvalue weighted by atomic mass is 35.5. The fourth-order valence-corrected chi connectivity index (χ4v) is 2.32. The van der Waals surface area contributed by atoms with Crippen LogP contribution in [0.5, 0.6) is 0 Å². The predicted molar refractivity (Wildman–Crippen MR) is 91.8 cm³/mol. The fraction of sp³-hybridized carbons (Fsp3) is 0.500. The van der Waals surface area contributed by atoms with Crippen LogP contribution in [-0.2, 0) is 4.79 Å². The number of hydrogen-bond donors (Lipinski definition) is 4. The lowest BCUT2D eigenvalue weighted by Gasteiger charge is -2.27. The van der Waals surface area contributed by atoms with Gasteiger partial charge in [0.2, 0.25) is 5.91 Å². The summed E-state index contributed by atoms with van der Waals surface area (Å²) in [6.07, 6.45) is 2.14. The molecule has 23 heavy (non-hydrogen) atoms. The van der Waals surface area contributed by atoms with Crippen LogP contribution in [0.25, 0.3) is 0 Å². The van der Waals surface area contributed by atoms with Crippen LogP contribution in [-0.4, -0.2) is 31.1 Å². The molecule has 0 bridgehead atoms. The van der Waals surface area contributed by atoms with E-state index < -0.39 is 0 Å². The zero-order valence-corrected chi connectivity index (χ0v) is 13.9. The molecule has 0 spiro atoms. The molecule has 4 N–H and O–H groups in total. The van der Waals surface area contributed by atoms with Gasteiger partial charge in [-0.1, -0.05) is 12.1 Å². The number of anilines is 1. The van der Waals surface area contributed by atoms with Gasteiger partial charge in [-0.05, 0) is 37.5 Å². The Morgan fingerprint density at radius 3 is 2.35 bits per heavy atom. The first-order valence-corrected chi connectivity index (χ1v) is 7.80. The Hall–Kier alpha value is -1.79. The van der Waals surface area contributed by atoms with Crippen molar-refractivity contribution in [3.8, 4) is 0 Å². The lowest BCUT2D eigenvalue weighted by atomic mass is 10.0. The predicted octanol–water partition coefficient (Wildman–Crippen LogP) is 1.79. The van der Waals surface area contributed by atoms with Gasteiger partial charge in [0.1, 0.15) is 0 Å². The van der Waals surface area contributed by atoms with Gasteiger partial charge in [-0.15, -0.1) is 12.4 Å². The van der Waals surface area contributed by atoms with E-state index in [0.717, 1.165) is 37.2 Å². The standard InChI is InChI=1S/C16H22N4O2.ClH/c1-10(18-15(21)12-8-17-9-12)11-2-4-13(5-3-11)19-16(22)20-14-6-7-14;/h2-5,10,12,14,17H,6-9H2,1H3,(H,18,21)(H2,19,20,22);1H. The van der Waals surface area contributed by atoms with E-state index in [9.17, 15) is 9.59 Å². The molecule has 1 saturated heterocycles. The summed E-state index contributed by atoms with van der Waals surface area (Å²) in [4.78, 5) is 23.6. The molecular weight excluding hydrogens is 316 g/mol. The van der Waals surface area contributed by atoms with Crippen LogP contribution in [0.3, 0.4) is 0 Å². The Morgan fingerprint density at radius 1 is 1.17 bits per heavy atom. The van der Waals surface area contributed by atoms with E-state index in [1.54, 1.807) is 0 Å². The summed E-state index contributed by atoms with van der Waals surface area (Å²) in [7, 11) is 0. The second kappa shape index (κ2) is 7.66. The van der Waals surface area contributed by atoms with E-state index in [1.807, 2.05) is 31.2 Å². The molecule has 126 valence electrons. The Labute approximate surface area is 142 Å². The fourth-order valence-electron chi connectivity index (χ4n) is 2.32. The summed E-state index contributed by atoms with van der Waals surface area (Å²) in [5.41, 5.74) is 1.78. The number of nitrogens with one attached hydrogen (secondary N) is 4. The van der Waals surface area contributed by atoms with Crippen LogP contribution in [0.4, 0.5) is 10.5 Å². The topological polar surface area (TPSA) is 82.3 Å². The molecule has 1 aromatic rings. The minimum absolute atomic E-state index is 0. The molecule has 1 atom stereocenters. The first-order chi connectivity index (χ1) is 10.6. The first kappa shape index (κ1) is 17.6. The van der Waals surface area contributed by atoms with Gasteiger partial charge < -0.3 is 21.3 Å². The molecule has 2 fully saturated rings. The third-order valence-electron chi connectivity index (χ3n) is 4.09. The SMILES string of the molecule is CC(NC(=O)C1CNC1)c1ccc(NC(=O)NC2CC2)cc1.Cl. The van der Waals surface area contributed by atoms with Gasteiger partial charge >= 0.3 is 6.03 Å². The number of urea groups is 1. The van der Waals surface area contributed by atoms with E-state index in [-0.39, 0.29) is 36.3 Å². The Kier molecular flexibility index (Phi) is 5.85. The molecule has 1 aromatic carbocycles. The van der Waals surface area contributed by atoms with Crippen molar-refractivity contribution in [3.63, 3.8) is 0 Å². The number of benzene rings is 1. The molecule has 3 amide bonds. The molecule has 1 unspecified atom stereocenters. The molecule has 6 nitrogen and oxygen atoms in total. The third-order valence-corrected chi connectivity index (χ3v) is 4.09. The lowest BCUT2D eigenvalue weighted by Crippen LogP contribution is -2.51. The number of halogens is 1. The van der Waals surface area contributed by atoms with Crippen LogP contribution in [0.2, 0.25) is 0 Å². The minimum atomic E-state index is -0.158.